The van der Waals surface area contributed by atoms with Gasteiger partial charge in [0.2, 0.25) is 11.6 Å². The van der Waals surface area contributed by atoms with Crippen LogP contribution in [-0.4, -0.2) is 27.1 Å². The first-order chi connectivity index (χ1) is 12.5. The fourth-order valence-corrected chi connectivity index (χ4v) is 2.08. The molecule has 2 aromatic rings. The van der Waals surface area contributed by atoms with Gasteiger partial charge in [0.05, 0.1) is 6.54 Å². The largest absolute Gasteiger partial charge is 0.461 e. The van der Waals surface area contributed by atoms with Gasteiger partial charge in [-0.1, -0.05) is 12.1 Å². The molecule has 4 nitrogen and oxygen atoms in total. The minimum Gasteiger partial charge on any atom is -0.399 e. The highest BCUT2D eigenvalue weighted by molar-refractivity contribution is 5.47. The van der Waals surface area contributed by atoms with Gasteiger partial charge in [-0.25, -0.2) is 9.67 Å². The Morgan fingerprint density at radius 2 is 1.43 bits per heavy atom. The smallest absolute Gasteiger partial charge is 0.399 e. The van der Waals surface area contributed by atoms with E-state index >= 15 is 0 Å². The van der Waals surface area contributed by atoms with Crippen LogP contribution >= 0.6 is 0 Å². The molecule has 0 amide bonds. The summed E-state index contributed by atoms with van der Waals surface area (Å²) in [4.78, 5) is 2.21. The summed E-state index contributed by atoms with van der Waals surface area (Å²) >= 11 is 0. The van der Waals surface area contributed by atoms with E-state index in [1.807, 2.05) is 0 Å². The lowest BCUT2D eigenvalue weighted by Crippen LogP contribution is -2.37. The van der Waals surface area contributed by atoms with Gasteiger partial charge in [-0.3, -0.25) is 0 Å². The number of rotatable bonds is 4. The van der Waals surface area contributed by atoms with Crippen molar-refractivity contribution in [3.8, 4) is 0 Å². The summed E-state index contributed by atoms with van der Waals surface area (Å²) in [5, 5.41) is 2.60. The van der Waals surface area contributed by atoms with Crippen LogP contribution in [0.1, 0.15) is 22.8 Å². The molecule has 2 rings (SSSR count). The Balaban J connectivity index is 2.63. The van der Waals surface area contributed by atoms with E-state index in [0.717, 1.165) is 6.07 Å². The lowest BCUT2D eigenvalue weighted by Gasteiger charge is -2.19. The molecular weight excluding hydrogens is 414 g/mol. The monoisotopic (exact) mass is 424 g/mol. The molecule has 0 aliphatic rings. The van der Waals surface area contributed by atoms with Crippen molar-refractivity contribution in [1.82, 2.24) is 14.8 Å². The summed E-state index contributed by atoms with van der Waals surface area (Å²) in [6, 6.07) is 3.61. The van der Waals surface area contributed by atoms with Gasteiger partial charge >= 0.3 is 24.2 Å². The first kappa shape index (κ1) is 21.8. The minimum atomic E-state index is -6.31. The molecule has 0 aliphatic heterocycles. The van der Waals surface area contributed by atoms with Gasteiger partial charge in [0.25, 0.3) is 0 Å². The minimum absolute atomic E-state index is 0.0299. The third-order valence-corrected chi connectivity index (χ3v) is 3.61. The number of aryl methyl sites for hydroxylation is 1. The maximum absolute atomic E-state index is 13.7. The molecule has 1 heterocycles. The van der Waals surface area contributed by atoms with Gasteiger partial charge in [0.15, 0.2) is 0 Å². The fraction of sp³-hybridized carbons (Fsp3) is 0.429. The van der Waals surface area contributed by atoms with Crippen molar-refractivity contribution < 1.29 is 43.9 Å². The number of anilines is 1. The Bertz CT molecular complexity index is 866. The molecule has 1 aromatic heterocycles. The summed E-state index contributed by atoms with van der Waals surface area (Å²) in [7, 11) is 0. The van der Waals surface area contributed by atoms with E-state index in [0.29, 0.717) is 5.56 Å². The predicted octanol–water partition coefficient (Wildman–Crippen LogP) is 4.53. The molecule has 0 fully saturated rings. The van der Waals surface area contributed by atoms with Gasteiger partial charge < -0.3 is 5.73 Å². The second-order valence-electron chi connectivity index (χ2n) is 5.75. The highest BCUT2D eigenvalue weighted by atomic mass is 19.4. The molecule has 0 saturated carbocycles. The van der Waals surface area contributed by atoms with Crippen molar-refractivity contribution in [1.29, 1.82) is 0 Å². The average molecular weight is 424 g/mol. The SMILES string of the molecule is Cc1cc(Cn2nc(C(F)(F)C(F)(F)F)nc2C(F)(F)C(F)(F)F)ccc1N. The van der Waals surface area contributed by atoms with E-state index in [2.05, 4.69) is 10.1 Å². The molecule has 0 aliphatic carbocycles. The first-order valence-electron chi connectivity index (χ1n) is 7.18. The zero-order valence-electron chi connectivity index (χ0n) is 13.6. The number of nitrogen functional groups attached to an aromatic ring is 1. The van der Waals surface area contributed by atoms with Crippen molar-refractivity contribution >= 4 is 5.69 Å². The molecule has 0 radical (unpaired) electrons. The fourth-order valence-electron chi connectivity index (χ4n) is 2.08. The Hall–Kier alpha value is -2.54. The number of nitrogens with two attached hydrogens (primary N) is 1. The van der Waals surface area contributed by atoms with E-state index in [9.17, 15) is 43.9 Å². The standard InChI is InChI=1S/C14H10F10N4/c1-6-4-7(2-3-8(6)25)5-28-10(12(17,18)14(22,23)24)26-9(27-28)11(15,16)13(19,20)21/h2-4H,5,25H2,1H3. The van der Waals surface area contributed by atoms with Crippen LogP contribution in [0.15, 0.2) is 18.2 Å². The van der Waals surface area contributed by atoms with Crippen molar-refractivity contribution in [2.24, 2.45) is 0 Å². The molecule has 0 saturated heterocycles. The van der Waals surface area contributed by atoms with Crippen molar-refractivity contribution in [3.63, 3.8) is 0 Å². The Kier molecular flexibility index (Phi) is 5.06. The van der Waals surface area contributed by atoms with Crippen LogP contribution in [0.25, 0.3) is 0 Å². The zero-order chi connectivity index (χ0) is 21.7. The number of hydrogen-bond acceptors (Lipinski definition) is 3. The second kappa shape index (κ2) is 6.51. The zero-order valence-corrected chi connectivity index (χ0v) is 13.6. The van der Waals surface area contributed by atoms with E-state index in [-0.39, 0.29) is 15.9 Å². The topological polar surface area (TPSA) is 56.7 Å². The predicted molar refractivity (Wildman–Crippen MR) is 74.6 cm³/mol. The van der Waals surface area contributed by atoms with Gasteiger partial charge in [-0.2, -0.15) is 43.9 Å². The van der Waals surface area contributed by atoms with Crippen molar-refractivity contribution in [2.45, 2.75) is 37.7 Å². The number of hydrogen-bond donors (Lipinski definition) is 1. The van der Waals surface area contributed by atoms with Crippen LogP contribution in [0.4, 0.5) is 49.6 Å². The van der Waals surface area contributed by atoms with Crippen LogP contribution < -0.4 is 5.73 Å². The third-order valence-electron chi connectivity index (χ3n) is 3.61. The summed E-state index contributed by atoms with van der Waals surface area (Å²) in [5.41, 5.74) is 6.08. The summed E-state index contributed by atoms with van der Waals surface area (Å²) < 4.78 is 129. The van der Waals surface area contributed by atoms with E-state index < -0.39 is 42.4 Å². The van der Waals surface area contributed by atoms with Crippen LogP contribution in [0.2, 0.25) is 0 Å². The maximum Gasteiger partial charge on any atom is 0.461 e. The summed E-state index contributed by atoms with van der Waals surface area (Å²) in [6.45, 7) is 0.470. The van der Waals surface area contributed by atoms with Crippen LogP contribution in [-0.2, 0) is 18.4 Å². The number of nitrogens with zero attached hydrogens (tertiary/aromatic N) is 3. The van der Waals surface area contributed by atoms with E-state index in [1.54, 1.807) is 0 Å². The van der Waals surface area contributed by atoms with Gasteiger partial charge in [0.1, 0.15) is 0 Å². The molecular formula is C14H10F10N4. The third kappa shape index (κ3) is 3.71. The quantitative estimate of drug-likeness (QED) is 0.580. The van der Waals surface area contributed by atoms with Crippen LogP contribution in [0, 0.1) is 6.92 Å². The molecule has 0 unspecified atom stereocenters. The number of aromatic nitrogens is 3. The van der Waals surface area contributed by atoms with Crippen LogP contribution in [0.3, 0.4) is 0 Å². The molecule has 2 N–H and O–H groups in total. The Labute approximate surface area is 150 Å². The lowest BCUT2D eigenvalue weighted by molar-refractivity contribution is -0.295. The number of halogens is 10. The average Bonchev–Trinajstić information content (AvgIpc) is 2.94. The molecule has 0 bridgehead atoms. The molecule has 0 atom stereocenters. The van der Waals surface area contributed by atoms with Crippen molar-refractivity contribution in [3.05, 3.63) is 41.0 Å². The molecule has 1 aromatic carbocycles. The molecule has 28 heavy (non-hydrogen) atoms. The van der Waals surface area contributed by atoms with Gasteiger partial charge in [0, 0.05) is 5.69 Å². The van der Waals surface area contributed by atoms with E-state index in [4.69, 9.17) is 5.73 Å². The van der Waals surface area contributed by atoms with Crippen LogP contribution in [0.5, 0.6) is 0 Å². The summed E-state index contributed by atoms with van der Waals surface area (Å²) in [6.07, 6.45) is -12.6. The Morgan fingerprint density at radius 1 is 0.893 bits per heavy atom. The first-order valence-corrected chi connectivity index (χ1v) is 7.18. The highest BCUT2D eigenvalue weighted by Gasteiger charge is 2.65. The van der Waals surface area contributed by atoms with Gasteiger partial charge in [-0.05, 0) is 24.1 Å². The van der Waals surface area contributed by atoms with Crippen molar-refractivity contribution in [2.75, 3.05) is 5.73 Å². The number of benzene rings is 1. The number of alkyl halides is 10. The highest BCUT2D eigenvalue weighted by Crippen LogP contribution is 2.46. The normalized spacial score (nSPS) is 13.8. The molecule has 156 valence electrons. The lowest BCUT2D eigenvalue weighted by atomic mass is 10.1. The second-order valence-corrected chi connectivity index (χ2v) is 5.75. The Morgan fingerprint density at radius 3 is 1.89 bits per heavy atom. The maximum atomic E-state index is 13.7. The molecule has 0 spiro atoms. The molecule has 14 heteroatoms. The summed E-state index contributed by atoms with van der Waals surface area (Å²) in [5.74, 6) is -16.6. The van der Waals surface area contributed by atoms with Gasteiger partial charge in [-0.15, -0.1) is 5.10 Å². The van der Waals surface area contributed by atoms with E-state index in [1.165, 1.54) is 19.1 Å².